The summed E-state index contributed by atoms with van der Waals surface area (Å²) in [6.07, 6.45) is -0.663. The Hall–Kier alpha value is -1.92. The second-order valence-corrected chi connectivity index (χ2v) is 3.13. The molecule has 74 valence electrons. The molecule has 2 rings (SSSR count). The van der Waals surface area contributed by atoms with Crippen LogP contribution < -0.4 is 5.32 Å². The van der Waals surface area contributed by atoms with Gasteiger partial charge in [-0.15, -0.1) is 0 Å². The third kappa shape index (κ3) is 0.918. The molecule has 0 aliphatic carbocycles. The number of imide groups is 1. The summed E-state index contributed by atoms with van der Waals surface area (Å²) in [6.45, 7) is 0. The fourth-order valence-electron chi connectivity index (χ4n) is 1.50. The van der Waals surface area contributed by atoms with Gasteiger partial charge in [-0.3, -0.25) is 15.0 Å². The molecule has 2 aliphatic rings. The summed E-state index contributed by atoms with van der Waals surface area (Å²) in [6, 6.07) is -1.04. The standard InChI is InChI=1S/C7H8N4O3/c1-10-5-3(8-6(10)13)4(12)9-7(14)11(5)2/h5H,1-2H3,(H,9,12,14). The number of carbonyl (C=O) groups excluding carboxylic acids is 3. The summed E-state index contributed by atoms with van der Waals surface area (Å²) in [4.78, 5) is 39.7. The van der Waals surface area contributed by atoms with Crippen LogP contribution in [0.25, 0.3) is 0 Å². The average Bonchev–Trinajstić information content (AvgIpc) is 2.41. The number of hydrogen-bond donors (Lipinski definition) is 1. The van der Waals surface area contributed by atoms with Gasteiger partial charge in [0.1, 0.15) is 0 Å². The number of hydrogen-bond acceptors (Lipinski definition) is 3. The second-order valence-electron chi connectivity index (χ2n) is 3.13. The molecule has 14 heavy (non-hydrogen) atoms. The van der Waals surface area contributed by atoms with Crippen molar-refractivity contribution < 1.29 is 14.4 Å². The van der Waals surface area contributed by atoms with E-state index in [0.29, 0.717) is 0 Å². The highest BCUT2D eigenvalue weighted by Gasteiger charge is 2.44. The Labute approximate surface area is 79.4 Å². The van der Waals surface area contributed by atoms with Gasteiger partial charge < -0.3 is 4.90 Å². The SMILES string of the molecule is CN1C(=O)N=C2C(=O)NC(=O)N(C)C21. The van der Waals surface area contributed by atoms with Crippen LogP contribution in [0.15, 0.2) is 4.99 Å². The predicted octanol–water partition coefficient (Wildman–Crippen LogP) is -1.000. The number of amides is 5. The number of nitrogens with one attached hydrogen (secondary N) is 1. The molecule has 1 atom stereocenters. The van der Waals surface area contributed by atoms with Gasteiger partial charge in [0.25, 0.3) is 5.91 Å². The number of nitrogens with zero attached hydrogens (tertiary/aromatic N) is 3. The maximum Gasteiger partial charge on any atom is 0.345 e. The van der Waals surface area contributed by atoms with E-state index in [1.807, 2.05) is 0 Å². The largest absolute Gasteiger partial charge is 0.345 e. The second kappa shape index (κ2) is 2.53. The van der Waals surface area contributed by atoms with Crippen molar-refractivity contribution >= 4 is 23.7 Å². The van der Waals surface area contributed by atoms with Crippen molar-refractivity contribution in [2.45, 2.75) is 6.17 Å². The van der Waals surface area contributed by atoms with Gasteiger partial charge in [-0.05, 0) is 0 Å². The number of aliphatic imine (C=N–C) groups is 1. The summed E-state index contributed by atoms with van der Waals surface area (Å²) in [7, 11) is 2.99. The van der Waals surface area contributed by atoms with E-state index >= 15 is 0 Å². The maximum absolute atomic E-state index is 11.3. The van der Waals surface area contributed by atoms with E-state index in [9.17, 15) is 14.4 Å². The van der Waals surface area contributed by atoms with Crippen LogP contribution in [0.2, 0.25) is 0 Å². The first-order valence-electron chi connectivity index (χ1n) is 3.96. The molecule has 1 unspecified atom stereocenters. The molecule has 0 spiro atoms. The third-order valence-corrected chi connectivity index (χ3v) is 2.27. The number of urea groups is 2. The fraction of sp³-hybridized carbons (Fsp3) is 0.429. The molecule has 0 aromatic carbocycles. The number of fused-ring (bicyclic) bond motifs is 1. The van der Waals surface area contributed by atoms with E-state index in [0.717, 1.165) is 0 Å². The van der Waals surface area contributed by atoms with Crippen LogP contribution in [0.3, 0.4) is 0 Å². The Bertz CT molecular complexity index is 375. The molecule has 5 amide bonds. The molecule has 1 fully saturated rings. The molecule has 0 radical (unpaired) electrons. The Morgan fingerprint density at radius 3 is 2.50 bits per heavy atom. The van der Waals surface area contributed by atoms with Crippen LogP contribution in [-0.2, 0) is 4.79 Å². The summed E-state index contributed by atoms with van der Waals surface area (Å²) in [5.74, 6) is -0.601. The molecule has 2 heterocycles. The van der Waals surface area contributed by atoms with Crippen molar-refractivity contribution in [1.82, 2.24) is 15.1 Å². The first-order chi connectivity index (χ1) is 6.52. The average molecular weight is 196 g/mol. The van der Waals surface area contributed by atoms with E-state index in [1.54, 1.807) is 0 Å². The van der Waals surface area contributed by atoms with Gasteiger partial charge in [0.15, 0.2) is 11.9 Å². The Morgan fingerprint density at radius 2 is 1.86 bits per heavy atom. The summed E-state index contributed by atoms with van der Waals surface area (Å²) >= 11 is 0. The zero-order valence-electron chi connectivity index (χ0n) is 7.64. The highest BCUT2D eigenvalue weighted by Crippen LogP contribution is 2.17. The number of rotatable bonds is 0. The van der Waals surface area contributed by atoms with Crippen molar-refractivity contribution in [3.05, 3.63) is 0 Å². The van der Waals surface area contributed by atoms with Gasteiger partial charge in [0, 0.05) is 14.1 Å². The summed E-state index contributed by atoms with van der Waals surface area (Å²) in [5, 5.41) is 2.08. The first-order valence-corrected chi connectivity index (χ1v) is 3.96. The molecule has 0 aromatic rings. The topological polar surface area (TPSA) is 82.1 Å². The van der Waals surface area contributed by atoms with Gasteiger partial charge in [0.05, 0.1) is 0 Å². The van der Waals surface area contributed by atoms with E-state index in [2.05, 4.69) is 10.3 Å². The molecule has 0 bridgehead atoms. The van der Waals surface area contributed by atoms with Crippen LogP contribution in [0.5, 0.6) is 0 Å². The minimum atomic E-state index is -0.663. The molecule has 7 heteroatoms. The van der Waals surface area contributed by atoms with Gasteiger partial charge in [-0.1, -0.05) is 0 Å². The van der Waals surface area contributed by atoms with E-state index in [1.165, 1.54) is 23.9 Å². The minimum absolute atomic E-state index is 0.0691. The van der Waals surface area contributed by atoms with Gasteiger partial charge in [0.2, 0.25) is 0 Å². The van der Waals surface area contributed by atoms with E-state index in [-0.39, 0.29) is 5.71 Å². The Morgan fingerprint density at radius 1 is 1.21 bits per heavy atom. The maximum atomic E-state index is 11.3. The van der Waals surface area contributed by atoms with Crippen molar-refractivity contribution in [2.24, 2.45) is 4.99 Å². The van der Waals surface area contributed by atoms with Crippen LogP contribution in [0.1, 0.15) is 0 Å². The monoisotopic (exact) mass is 196 g/mol. The minimum Gasteiger partial charge on any atom is -0.301 e. The van der Waals surface area contributed by atoms with Gasteiger partial charge in [-0.25, -0.2) is 9.59 Å². The van der Waals surface area contributed by atoms with Crippen molar-refractivity contribution in [1.29, 1.82) is 0 Å². The lowest BCUT2D eigenvalue weighted by Crippen LogP contribution is -2.62. The lowest BCUT2D eigenvalue weighted by Gasteiger charge is -2.33. The van der Waals surface area contributed by atoms with Crippen molar-refractivity contribution in [3.8, 4) is 0 Å². The zero-order chi connectivity index (χ0) is 10.5. The molecule has 0 saturated carbocycles. The molecule has 7 nitrogen and oxygen atoms in total. The lowest BCUT2D eigenvalue weighted by atomic mass is 10.2. The van der Waals surface area contributed by atoms with Crippen molar-refractivity contribution in [2.75, 3.05) is 14.1 Å². The van der Waals surface area contributed by atoms with Crippen LogP contribution in [0, 0.1) is 0 Å². The molecular weight excluding hydrogens is 188 g/mol. The molecule has 2 aliphatic heterocycles. The first kappa shape index (κ1) is 8.67. The predicted molar refractivity (Wildman–Crippen MR) is 45.7 cm³/mol. The van der Waals surface area contributed by atoms with E-state index in [4.69, 9.17) is 0 Å². The molecular formula is C7H8N4O3. The Kier molecular flexibility index (Phi) is 1.57. The molecule has 1 saturated heterocycles. The van der Waals surface area contributed by atoms with Crippen LogP contribution in [0.4, 0.5) is 9.59 Å². The van der Waals surface area contributed by atoms with E-state index < -0.39 is 24.1 Å². The lowest BCUT2D eigenvalue weighted by molar-refractivity contribution is -0.115. The van der Waals surface area contributed by atoms with Gasteiger partial charge in [-0.2, -0.15) is 4.99 Å². The Balaban J connectivity index is 2.43. The van der Waals surface area contributed by atoms with Crippen LogP contribution >= 0.6 is 0 Å². The highest BCUT2D eigenvalue weighted by molar-refractivity contribution is 6.47. The highest BCUT2D eigenvalue weighted by atomic mass is 16.2. The normalized spacial score (nSPS) is 26.3. The number of carbonyl (C=O) groups is 3. The summed E-state index contributed by atoms with van der Waals surface area (Å²) in [5.41, 5.74) is 0.0691. The zero-order valence-corrected chi connectivity index (χ0v) is 7.64. The van der Waals surface area contributed by atoms with Crippen molar-refractivity contribution in [3.63, 3.8) is 0 Å². The summed E-state index contributed by atoms with van der Waals surface area (Å²) < 4.78 is 0. The van der Waals surface area contributed by atoms with Crippen LogP contribution in [-0.4, -0.2) is 53.7 Å². The van der Waals surface area contributed by atoms with Gasteiger partial charge >= 0.3 is 12.1 Å². The fourth-order valence-corrected chi connectivity index (χ4v) is 1.50. The quantitative estimate of drug-likeness (QED) is 0.539. The molecule has 1 N–H and O–H groups in total. The molecule has 0 aromatic heterocycles. The smallest absolute Gasteiger partial charge is 0.301 e. The third-order valence-electron chi connectivity index (χ3n) is 2.27.